The van der Waals surface area contributed by atoms with E-state index in [1.54, 1.807) is 0 Å². The first-order valence-corrected chi connectivity index (χ1v) is 6.16. The molecule has 3 saturated carbocycles. The smallest absolute Gasteiger partial charge is 0.309 e. The maximum Gasteiger partial charge on any atom is 0.309 e. The molecule has 2 bridgehead atoms. The Bertz CT molecular complexity index is 500. The van der Waals surface area contributed by atoms with Crippen LogP contribution in [0.5, 0.6) is 0 Å². The molecule has 5 heteroatoms. The largest absolute Gasteiger partial charge is 0.481 e. The molecular formula is C12H15N3O2. The Kier molecular flexibility index (Phi) is 1.54. The lowest BCUT2D eigenvalue weighted by Gasteiger charge is -2.67. The lowest BCUT2D eigenvalue weighted by atomic mass is 9.34. The molecule has 90 valence electrons. The molecule has 0 amide bonds. The minimum Gasteiger partial charge on any atom is -0.481 e. The first kappa shape index (κ1) is 9.65. The van der Waals surface area contributed by atoms with E-state index in [0.29, 0.717) is 0 Å². The molecule has 5 nitrogen and oxygen atoms in total. The summed E-state index contributed by atoms with van der Waals surface area (Å²) in [4.78, 5) is 11.1. The van der Waals surface area contributed by atoms with Gasteiger partial charge in [0, 0.05) is 36.2 Å². The number of H-pyrrole nitrogens is 1. The van der Waals surface area contributed by atoms with Crippen molar-refractivity contribution < 1.29 is 9.90 Å². The third-order valence-corrected chi connectivity index (χ3v) is 4.79. The summed E-state index contributed by atoms with van der Waals surface area (Å²) < 4.78 is 0. The van der Waals surface area contributed by atoms with Gasteiger partial charge < -0.3 is 10.4 Å². The van der Waals surface area contributed by atoms with Gasteiger partial charge in [-0.15, -0.1) is 0 Å². The van der Waals surface area contributed by atoms with E-state index in [0.717, 1.165) is 44.5 Å². The van der Waals surface area contributed by atoms with Crippen molar-refractivity contribution in [2.24, 2.45) is 5.41 Å². The van der Waals surface area contributed by atoms with Crippen molar-refractivity contribution >= 4 is 5.97 Å². The highest BCUT2D eigenvalue weighted by molar-refractivity contribution is 5.80. The molecule has 17 heavy (non-hydrogen) atoms. The molecule has 2 heterocycles. The third kappa shape index (κ3) is 0.989. The summed E-state index contributed by atoms with van der Waals surface area (Å²) >= 11 is 0. The number of hydrogen-bond donors (Lipinski definition) is 3. The van der Waals surface area contributed by atoms with Gasteiger partial charge in [-0.1, -0.05) is 0 Å². The number of aliphatic carboxylic acids is 1. The molecule has 3 fully saturated rings. The second-order valence-corrected chi connectivity index (χ2v) is 5.85. The predicted molar refractivity (Wildman–Crippen MR) is 59.6 cm³/mol. The molecule has 4 aliphatic rings. The van der Waals surface area contributed by atoms with Crippen LogP contribution in [-0.4, -0.2) is 27.8 Å². The van der Waals surface area contributed by atoms with E-state index in [-0.39, 0.29) is 5.41 Å². The van der Waals surface area contributed by atoms with Crippen LogP contribution < -0.4 is 5.32 Å². The van der Waals surface area contributed by atoms with Gasteiger partial charge in [0.05, 0.1) is 11.1 Å². The van der Waals surface area contributed by atoms with Crippen LogP contribution in [0.1, 0.15) is 36.2 Å². The van der Waals surface area contributed by atoms with Crippen LogP contribution in [0.2, 0.25) is 0 Å². The average molecular weight is 233 g/mol. The monoisotopic (exact) mass is 233 g/mol. The maximum atomic E-state index is 11.1. The molecule has 1 aliphatic heterocycles. The third-order valence-electron chi connectivity index (χ3n) is 4.79. The normalized spacial score (nSPS) is 37.9. The quantitative estimate of drug-likeness (QED) is 0.697. The minimum absolute atomic E-state index is 0.0848. The number of nitrogens with zero attached hydrogens (tertiary/aromatic N) is 1. The Labute approximate surface area is 98.6 Å². The topological polar surface area (TPSA) is 78.0 Å². The fraction of sp³-hybridized carbons (Fsp3) is 0.667. The summed E-state index contributed by atoms with van der Waals surface area (Å²) in [5.74, 6) is -0.623. The number of fused-ring (bicyclic) bond motifs is 1. The van der Waals surface area contributed by atoms with Gasteiger partial charge >= 0.3 is 5.97 Å². The van der Waals surface area contributed by atoms with Gasteiger partial charge in [0.25, 0.3) is 0 Å². The van der Waals surface area contributed by atoms with Gasteiger partial charge in [0.2, 0.25) is 0 Å². The lowest BCUT2D eigenvalue weighted by Crippen LogP contribution is -2.68. The molecule has 1 aromatic rings. The zero-order valence-corrected chi connectivity index (χ0v) is 9.55. The van der Waals surface area contributed by atoms with Crippen LogP contribution in [0.4, 0.5) is 0 Å². The van der Waals surface area contributed by atoms with Gasteiger partial charge in [-0.2, -0.15) is 5.10 Å². The molecule has 3 N–H and O–H groups in total. The van der Waals surface area contributed by atoms with Crippen LogP contribution in [-0.2, 0) is 23.2 Å². The van der Waals surface area contributed by atoms with E-state index in [9.17, 15) is 4.79 Å². The number of hydrogen-bond acceptors (Lipinski definition) is 3. The number of carbonyl (C=O) groups is 1. The summed E-state index contributed by atoms with van der Waals surface area (Å²) in [5.41, 5.74) is 3.36. The van der Waals surface area contributed by atoms with E-state index in [2.05, 4.69) is 15.5 Å². The number of aromatic nitrogens is 2. The zero-order chi connectivity index (χ0) is 11.7. The highest BCUT2D eigenvalue weighted by atomic mass is 16.4. The Balaban J connectivity index is 1.66. The second-order valence-electron chi connectivity index (χ2n) is 5.85. The SMILES string of the molecule is O=C(O)C12CC(c3n[nH]c4c3CNCC4)(C1)C2. The highest BCUT2D eigenvalue weighted by Gasteiger charge is 2.73. The number of carboxylic acids is 1. The molecule has 3 aliphatic carbocycles. The van der Waals surface area contributed by atoms with Crippen LogP contribution in [0, 0.1) is 5.41 Å². The van der Waals surface area contributed by atoms with Crippen LogP contribution in [0.3, 0.4) is 0 Å². The van der Waals surface area contributed by atoms with Crippen molar-refractivity contribution in [2.75, 3.05) is 6.54 Å². The molecule has 1 aromatic heterocycles. The van der Waals surface area contributed by atoms with E-state index < -0.39 is 11.4 Å². The van der Waals surface area contributed by atoms with Gasteiger partial charge in [0.1, 0.15) is 0 Å². The summed E-state index contributed by atoms with van der Waals surface area (Å²) in [7, 11) is 0. The first-order valence-electron chi connectivity index (χ1n) is 6.16. The van der Waals surface area contributed by atoms with Gasteiger partial charge in [-0.3, -0.25) is 9.89 Å². The van der Waals surface area contributed by atoms with Gasteiger partial charge in [0.15, 0.2) is 0 Å². The molecule has 5 rings (SSSR count). The van der Waals surface area contributed by atoms with Crippen molar-refractivity contribution in [1.82, 2.24) is 15.5 Å². The number of nitrogens with one attached hydrogen (secondary N) is 2. The second kappa shape index (κ2) is 2.72. The van der Waals surface area contributed by atoms with E-state index >= 15 is 0 Å². The Morgan fingerprint density at radius 2 is 2.12 bits per heavy atom. The molecule has 0 aromatic carbocycles. The first-order chi connectivity index (χ1) is 8.15. The zero-order valence-electron chi connectivity index (χ0n) is 9.55. The highest BCUT2D eigenvalue weighted by Crippen LogP contribution is 2.73. The van der Waals surface area contributed by atoms with Crippen LogP contribution >= 0.6 is 0 Å². The van der Waals surface area contributed by atoms with Gasteiger partial charge in [-0.25, -0.2) is 0 Å². The number of aromatic amines is 1. The van der Waals surface area contributed by atoms with Crippen molar-refractivity contribution in [3.05, 3.63) is 17.0 Å². The average Bonchev–Trinajstić information content (AvgIpc) is 2.58. The Morgan fingerprint density at radius 3 is 2.82 bits per heavy atom. The van der Waals surface area contributed by atoms with Gasteiger partial charge in [-0.05, 0) is 19.3 Å². The maximum absolute atomic E-state index is 11.1. The molecule has 0 saturated heterocycles. The number of carboxylic acid groups (broad SMARTS) is 1. The lowest BCUT2D eigenvalue weighted by molar-refractivity contribution is -0.195. The molecule has 0 radical (unpaired) electrons. The molecular weight excluding hydrogens is 218 g/mol. The van der Waals surface area contributed by atoms with Crippen molar-refractivity contribution in [3.63, 3.8) is 0 Å². The Morgan fingerprint density at radius 1 is 1.35 bits per heavy atom. The standard InChI is InChI=1S/C12H15N3O2/c16-10(17)12-4-11(5-12,6-12)9-7-3-13-2-1-8(7)14-15-9/h13H,1-6H2,(H,14,15)(H,16,17). The van der Waals surface area contributed by atoms with E-state index in [4.69, 9.17) is 5.11 Å². The number of rotatable bonds is 2. The summed E-state index contributed by atoms with van der Waals surface area (Å²) in [6, 6.07) is 0. The molecule has 0 spiro atoms. The summed E-state index contributed by atoms with van der Waals surface area (Å²) in [6.07, 6.45) is 3.36. The van der Waals surface area contributed by atoms with Crippen LogP contribution in [0.15, 0.2) is 0 Å². The van der Waals surface area contributed by atoms with Crippen molar-refractivity contribution in [2.45, 2.75) is 37.6 Å². The summed E-state index contributed by atoms with van der Waals surface area (Å²) in [5, 5.41) is 20.1. The van der Waals surface area contributed by atoms with Crippen molar-refractivity contribution in [3.8, 4) is 0 Å². The molecule has 0 unspecified atom stereocenters. The molecule has 0 atom stereocenters. The fourth-order valence-electron chi connectivity index (χ4n) is 3.93. The minimum atomic E-state index is -0.623. The summed E-state index contributed by atoms with van der Waals surface area (Å²) in [6.45, 7) is 1.88. The van der Waals surface area contributed by atoms with E-state index in [1.165, 1.54) is 11.3 Å². The van der Waals surface area contributed by atoms with E-state index in [1.807, 2.05) is 0 Å². The predicted octanol–water partition coefficient (Wildman–Crippen LogP) is 0.562. The van der Waals surface area contributed by atoms with Crippen LogP contribution in [0.25, 0.3) is 0 Å². The van der Waals surface area contributed by atoms with Crippen molar-refractivity contribution in [1.29, 1.82) is 0 Å². The Hall–Kier alpha value is -1.36. The fourth-order valence-corrected chi connectivity index (χ4v) is 3.93.